The van der Waals surface area contributed by atoms with Gasteiger partial charge >= 0.3 is 21.7 Å². The predicted octanol–water partition coefficient (Wildman–Crippen LogP) is 5.92. The van der Waals surface area contributed by atoms with Gasteiger partial charge in [-0.1, -0.05) is 64.2 Å². The van der Waals surface area contributed by atoms with Crippen LogP contribution in [0.25, 0.3) is 0 Å². The molecule has 1 unspecified atom stereocenters. The molecule has 0 fully saturated rings. The smallest absolute Gasteiger partial charge is 0.358 e. The number of rotatable bonds is 2. The molecule has 0 nitrogen and oxygen atoms in total. The van der Waals surface area contributed by atoms with Crippen molar-refractivity contribution in [3.8, 4) is 0 Å². The molecule has 0 saturated carbocycles. The molecule has 2 rings (SSSR count). The summed E-state index contributed by atoms with van der Waals surface area (Å²) in [7, 11) is -0.935. The van der Waals surface area contributed by atoms with Crippen LogP contribution in [0.3, 0.4) is 0 Å². The quantitative estimate of drug-likeness (QED) is 0.438. The summed E-state index contributed by atoms with van der Waals surface area (Å²) in [4.78, 5) is 0. The molecule has 2 aliphatic carbocycles. The van der Waals surface area contributed by atoms with Gasteiger partial charge in [-0.2, -0.15) is 5.57 Å². The zero-order valence-electron chi connectivity index (χ0n) is 14.1. The van der Waals surface area contributed by atoms with Gasteiger partial charge in [-0.25, -0.2) is 17.2 Å². The topological polar surface area (TPSA) is 0 Å². The van der Waals surface area contributed by atoms with Crippen LogP contribution >= 0.6 is 0 Å². The molecule has 0 aromatic heterocycles. The summed E-state index contributed by atoms with van der Waals surface area (Å²) in [5.74, 6) is 0.784. The maximum absolute atomic E-state index is 3.65. The molecule has 0 heterocycles. The Morgan fingerprint density at radius 3 is 2.11 bits per heavy atom. The van der Waals surface area contributed by atoms with Gasteiger partial charge in [-0.05, 0) is 0 Å². The average Bonchev–Trinajstić information content (AvgIpc) is 2.41. The first-order valence-corrected chi connectivity index (χ1v) is 10.0. The Morgan fingerprint density at radius 2 is 1.58 bits per heavy atom. The van der Waals surface area contributed by atoms with Crippen molar-refractivity contribution in [1.29, 1.82) is 0 Å². The largest absolute Gasteiger partial charge is 4.00 e. The molecular weight excluding hydrogens is 280 g/mol. The van der Waals surface area contributed by atoms with Crippen LogP contribution in [-0.2, 0) is 21.7 Å². The molecule has 0 spiro atoms. The Balaban J connectivity index is -0.000000640. The minimum atomic E-state index is -0.935. The van der Waals surface area contributed by atoms with Gasteiger partial charge in [0, 0.05) is 8.07 Å². The van der Waals surface area contributed by atoms with Crippen molar-refractivity contribution in [2.75, 3.05) is 0 Å². The van der Waals surface area contributed by atoms with E-state index >= 15 is 0 Å². The predicted molar refractivity (Wildman–Crippen MR) is 88.8 cm³/mol. The molecule has 0 bridgehead atoms. The van der Waals surface area contributed by atoms with E-state index in [0.717, 1.165) is 5.92 Å². The van der Waals surface area contributed by atoms with Crippen molar-refractivity contribution in [1.82, 2.24) is 0 Å². The van der Waals surface area contributed by atoms with Crippen LogP contribution in [0.1, 0.15) is 32.6 Å². The fraction of sp³-hybridized carbons (Fsp3) is 0.588. The Morgan fingerprint density at radius 1 is 1.05 bits per heavy atom. The molecule has 0 aromatic rings. The molecule has 0 radical (unpaired) electrons. The second-order valence-corrected chi connectivity index (χ2v) is 11.9. The molecule has 1 atom stereocenters. The fourth-order valence-electron chi connectivity index (χ4n) is 2.93. The van der Waals surface area contributed by atoms with Gasteiger partial charge in [-0.15, -0.1) is 0 Å². The molecule has 0 aromatic carbocycles. The van der Waals surface area contributed by atoms with Gasteiger partial charge in [-0.3, -0.25) is 0 Å². The van der Waals surface area contributed by atoms with Crippen LogP contribution in [0.4, 0.5) is 0 Å². The number of hydrogen-bond donors (Lipinski definition) is 0. The summed E-state index contributed by atoms with van der Waals surface area (Å²) in [6.45, 7) is 9.76. The van der Waals surface area contributed by atoms with E-state index in [4.69, 9.17) is 0 Å². The summed E-state index contributed by atoms with van der Waals surface area (Å²) < 4.78 is 0. The Hall–Kier alpha value is 0.411. The van der Waals surface area contributed by atoms with Crippen LogP contribution in [0.2, 0.25) is 25.7 Å². The van der Waals surface area contributed by atoms with Crippen molar-refractivity contribution in [2.45, 2.75) is 58.3 Å². The van der Waals surface area contributed by atoms with E-state index < -0.39 is 8.07 Å². The van der Waals surface area contributed by atoms with E-state index in [2.05, 4.69) is 32.6 Å². The Labute approximate surface area is 139 Å². The Kier molecular flexibility index (Phi) is 12.0. The van der Waals surface area contributed by atoms with E-state index in [1.165, 1.54) is 37.3 Å². The molecule has 0 amide bonds. The zero-order chi connectivity index (χ0) is 11.1. The molecule has 0 aliphatic heterocycles. The first kappa shape index (κ1) is 24.4. The standard InChI is InChI=1S/C14H23Si.3CH3.Ti/c1-11-9-12-7-5-6-8-13(12)14(11)10-15(2,3)4;;;;/h14H,5-8,10H2,1-4H3;3*1H3;/q4*-1;+4. The van der Waals surface area contributed by atoms with Crippen LogP contribution < -0.4 is 0 Å². The average molecular weight is 312 g/mol. The van der Waals surface area contributed by atoms with Crippen molar-refractivity contribution in [3.63, 3.8) is 0 Å². The molecule has 0 saturated heterocycles. The summed E-state index contributed by atoms with van der Waals surface area (Å²) in [5, 5.41) is 0. The van der Waals surface area contributed by atoms with Crippen LogP contribution in [0.15, 0.2) is 16.7 Å². The fourth-order valence-corrected chi connectivity index (χ4v) is 4.71. The molecule has 0 N–H and O–H groups in total. The minimum absolute atomic E-state index is 0. The number of hydrogen-bond acceptors (Lipinski definition) is 0. The maximum Gasteiger partial charge on any atom is 4.00 e. The van der Waals surface area contributed by atoms with Crippen molar-refractivity contribution < 1.29 is 21.7 Å². The zero-order valence-corrected chi connectivity index (χ0v) is 16.7. The normalized spacial score (nSPS) is 21.1. The van der Waals surface area contributed by atoms with Crippen LogP contribution in [0, 0.1) is 34.3 Å². The first-order chi connectivity index (χ1) is 6.97. The third kappa shape index (κ3) is 6.14. The van der Waals surface area contributed by atoms with E-state index in [0.29, 0.717) is 0 Å². The third-order valence-corrected chi connectivity index (χ3v) is 5.25. The number of allylic oxidation sites excluding steroid dienone is 4. The monoisotopic (exact) mass is 312 g/mol. The van der Waals surface area contributed by atoms with Crippen LogP contribution in [0.5, 0.6) is 0 Å². The van der Waals surface area contributed by atoms with E-state index in [9.17, 15) is 0 Å². The molecule has 2 aliphatic rings. The molecular formula is C17H32SiTi. The molecule has 19 heavy (non-hydrogen) atoms. The SMILES string of the molecule is CC1=[C-]C2=C(CCCC2)C1C[Si](C)(C)C.[CH3-].[CH3-].[CH3-].[Ti+4]. The van der Waals surface area contributed by atoms with Crippen molar-refractivity contribution >= 4 is 8.07 Å². The summed E-state index contributed by atoms with van der Waals surface area (Å²) >= 11 is 0. The van der Waals surface area contributed by atoms with Crippen LogP contribution in [-0.4, -0.2) is 8.07 Å². The maximum atomic E-state index is 3.65. The minimum Gasteiger partial charge on any atom is -0.358 e. The van der Waals surface area contributed by atoms with Gasteiger partial charge in [0.05, 0.1) is 0 Å². The van der Waals surface area contributed by atoms with Gasteiger partial charge in [0.2, 0.25) is 0 Å². The van der Waals surface area contributed by atoms with Gasteiger partial charge in [0.25, 0.3) is 0 Å². The second-order valence-electron chi connectivity index (χ2n) is 6.34. The van der Waals surface area contributed by atoms with Crippen molar-refractivity contribution in [2.24, 2.45) is 5.92 Å². The van der Waals surface area contributed by atoms with E-state index in [1.807, 2.05) is 0 Å². The Bertz CT molecular complexity index is 321. The van der Waals surface area contributed by atoms with Gasteiger partial charge in [0.1, 0.15) is 0 Å². The second kappa shape index (κ2) is 9.37. The summed E-state index contributed by atoms with van der Waals surface area (Å²) in [5.41, 5.74) is 4.88. The molecule has 108 valence electrons. The first-order valence-electron chi connectivity index (χ1n) is 6.30. The van der Waals surface area contributed by atoms with E-state index in [1.54, 1.807) is 11.1 Å². The van der Waals surface area contributed by atoms with Crippen molar-refractivity contribution in [3.05, 3.63) is 45.1 Å². The van der Waals surface area contributed by atoms with Gasteiger partial charge in [0.15, 0.2) is 0 Å². The summed E-state index contributed by atoms with van der Waals surface area (Å²) in [6, 6.07) is 1.44. The van der Waals surface area contributed by atoms with E-state index in [-0.39, 0.29) is 44.0 Å². The molecule has 2 heteroatoms. The van der Waals surface area contributed by atoms with Gasteiger partial charge < -0.3 is 22.3 Å². The summed E-state index contributed by atoms with van der Waals surface area (Å²) in [6.07, 6.45) is 9.10. The third-order valence-electron chi connectivity index (χ3n) is 3.62.